The lowest BCUT2D eigenvalue weighted by atomic mass is 9.67. The van der Waals surface area contributed by atoms with Crippen LogP contribution in [0.3, 0.4) is 0 Å². The predicted molar refractivity (Wildman–Crippen MR) is 86.0 cm³/mol. The Kier molecular flexibility index (Phi) is 4.36. The number of benzene rings is 1. The molecule has 6 heteroatoms. The minimum Gasteiger partial charge on any atom is -0.385 e. The topological polar surface area (TPSA) is 89.3 Å². The third-order valence-corrected chi connectivity index (χ3v) is 4.36. The summed E-state index contributed by atoms with van der Waals surface area (Å²) in [5.41, 5.74) is 0.0975. The highest BCUT2D eigenvalue weighted by atomic mass is 16.6. The number of nitro benzene ring substituents is 1. The van der Waals surface area contributed by atoms with E-state index in [4.69, 9.17) is 0 Å². The molecule has 2 unspecified atom stereocenters. The Balaban J connectivity index is 2.73. The summed E-state index contributed by atoms with van der Waals surface area (Å²) < 4.78 is 0. The van der Waals surface area contributed by atoms with Gasteiger partial charge in [0.2, 0.25) is 0 Å². The number of nitrogens with zero attached hydrogens (tertiary/aromatic N) is 1. The average molecular weight is 316 g/mol. The third kappa shape index (κ3) is 3.02. The smallest absolute Gasteiger partial charge is 0.273 e. The SMILES string of the molecule is CC(=O)C1=CNC(C)(C)C(C(C)=O)C1c1ccccc1[N+](=O)[O-]. The van der Waals surface area contributed by atoms with Crippen LogP contribution in [0, 0.1) is 16.0 Å². The standard InChI is InChI=1S/C17H20N2O4/c1-10(20)13-9-18-17(3,4)16(11(2)21)15(13)12-7-5-6-8-14(12)19(22)23/h5-9,15-16,18H,1-4H3. The van der Waals surface area contributed by atoms with E-state index >= 15 is 0 Å². The molecule has 0 bridgehead atoms. The molecule has 0 amide bonds. The molecule has 23 heavy (non-hydrogen) atoms. The predicted octanol–water partition coefficient (Wildman–Crippen LogP) is 2.74. The van der Waals surface area contributed by atoms with E-state index in [9.17, 15) is 19.7 Å². The zero-order valence-corrected chi connectivity index (χ0v) is 13.6. The van der Waals surface area contributed by atoms with Gasteiger partial charge in [-0.1, -0.05) is 18.2 Å². The summed E-state index contributed by atoms with van der Waals surface area (Å²) in [7, 11) is 0. The lowest BCUT2D eigenvalue weighted by molar-refractivity contribution is -0.385. The van der Waals surface area contributed by atoms with E-state index in [0.717, 1.165) is 0 Å². The van der Waals surface area contributed by atoms with Crippen molar-refractivity contribution in [1.29, 1.82) is 0 Å². The first-order valence-corrected chi connectivity index (χ1v) is 7.39. The molecule has 0 fully saturated rings. The van der Waals surface area contributed by atoms with E-state index in [0.29, 0.717) is 11.1 Å². The lowest BCUT2D eigenvalue weighted by Crippen LogP contribution is -2.53. The molecule has 0 spiro atoms. The Morgan fingerprint density at radius 1 is 1.22 bits per heavy atom. The summed E-state index contributed by atoms with van der Waals surface area (Å²) >= 11 is 0. The molecule has 1 aromatic carbocycles. The van der Waals surface area contributed by atoms with Crippen molar-refractivity contribution < 1.29 is 14.5 Å². The van der Waals surface area contributed by atoms with Crippen LogP contribution in [0.2, 0.25) is 0 Å². The van der Waals surface area contributed by atoms with E-state index in [1.807, 2.05) is 13.8 Å². The molecule has 2 rings (SSSR count). The monoisotopic (exact) mass is 316 g/mol. The van der Waals surface area contributed by atoms with E-state index in [1.165, 1.54) is 19.9 Å². The number of rotatable bonds is 4. The molecule has 1 aliphatic heterocycles. The number of hydrogen-bond acceptors (Lipinski definition) is 5. The third-order valence-electron chi connectivity index (χ3n) is 4.36. The highest BCUT2D eigenvalue weighted by Crippen LogP contribution is 2.44. The number of para-hydroxylation sites is 1. The summed E-state index contributed by atoms with van der Waals surface area (Å²) in [6, 6.07) is 6.29. The zero-order chi connectivity index (χ0) is 17.4. The van der Waals surface area contributed by atoms with Crippen LogP contribution < -0.4 is 5.32 Å². The van der Waals surface area contributed by atoms with Crippen LogP contribution in [0.4, 0.5) is 5.69 Å². The molecule has 1 N–H and O–H groups in total. The molecule has 1 heterocycles. The van der Waals surface area contributed by atoms with Crippen molar-refractivity contribution in [1.82, 2.24) is 5.32 Å². The Labute approximate surface area is 134 Å². The molecule has 2 atom stereocenters. The number of allylic oxidation sites excluding steroid dienone is 1. The first kappa shape index (κ1) is 16.9. The van der Waals surface area contributed by atoms with Crippen molar-refractivity contribution in [3.8, 4) is 0 Å². The molecule has 1 aliphatic rings. The van der Waals surface area contributed by atoms with Gasteiger partial charge in [-0.3, -0.25) is 19.7 Å². The second kappa shape index (κ2) is 5.95. The first-order chi connectivity index (χ1) is 10.7. The Hall–Kier alpha value is -2.50. The van der Waals surface area contributed by atoms with Crippen molar-refractivity contribution >= 4 is 17.3 Å². The van der Waals surface area contributed by atoms with E-state index in [2.05, 4.69) is 5.32 Å². The number of Topliss-reactive ketones (excluding diaryl/α,β-unsaturated/α-hetero) is 2. The highest BCUT2D eigenvalue weighted by Gasteiger charge is 2.46. The molecule has 0 aliphatic carbocycles. The normalized spacial score (nSPS) is 22.7. The number of nitrogens with one attached hydrogen (secondary N) is 1. The van der Waals surface area contributed by atoms with Gasteiger partial charge < -0.3 is 5.32 Å². The zero-order valence-electron chi connectivity index (χ0n) is 13.6. The molecule has 0 saturated heterocycles. The molecule has 0 radical (unpaired) electrons. The van der Waals surface area contributed by atoms with E-state index in [1.54, 1.807) is 24.4 Å². The number of carbonyl (C=O) groups is 2. The summed E-state index contributed by atoms with van der Waals surface area (Å²) in [5, 5.41) is 14.5. The van der Waals surface area contributed by atoms with Crippen molar-refractivity contribution in [3.63, 3.8) is 0 Å². The fourth-order valence-corrected chi connectivity index (χ4v) is 3.37. The van der Waals surface area contributed by atoms with Gasteiger partial charge in [-0.2, -0.15) is 0 Å². The van der Waals surface area contributed by atoms with Crippen LogP contribution in [0.25, 0.3) is 0 Å². The maximum absolute atomic E-state index is 12.3. The van der Waals surface area contributed by atoms with Gasteiger partial charge in [-0.15, -0.1) is 0 Å². The fourth-order valence-electron chi connectivity index (χ4n) is 3.37. The minimum atomic E-state index is -0.636. The van der Waals surface area contributed by atoms with Crippen LogP contribution in [-0.4, -0.2) is 22.0 Å². The number of carbonyl (C=O) groups excluding carboxylic acids is 2. The Morgan fingerprint density at radius 3 is 2.35 bits per heavy atom. The highest BCUT2D eigenvalue weighted by molar-refractivity contribution is 5.97. The van der Waals surface area contributed by atoms with E-state index < -0.39 is 22.3 Å². The molecule has 122 valence electrons. The van der Waals surface area contributed by atoms with Crippen molar-refractivity contribution in [3.05, 3.63) is 51.7 Å². The summed E-state index contributed by atoms with van der Waals surface area (Å²) in [4.78, 5) is 35.3. The van der Waals surface area contributed by atoms with Gasteiger partial charge in [0.15, 0.2) is 5.78 Å². The number of nitro groups is 1. The maximum Gasteiger partial charge on any atom is 0.273 e. The van der Waals surface area contributed by atoms with Gasteiger partial charge in [0, 0.05) is 34.9 Å². The van der Waals surface area contributed by atoms with E-state index in [-0.39, 0.29) is 17.3 Å². The van der Waals surface area contributed by atoms with Crippen LogP contribution >= 0.6 is 0 Å². The number of ketones is 2. The average Bonchev–Trinajstić information content (AvgIpc) is 2.45. The second-order valence-electron chi connectivity index (χ2n) is 6.40. The minimum absolute atomic E-state index is 0.0754. The van der Waals surface area contributed by atoms with Crippen LogP contribution in [0.15, 0.2) is 36.0 Å². The van der Waals surface area contributed by atoms with Crippen molar-refractivity contribution in [2.75, 3.05) is 0 Å². The molecule has 0 saturated carbocycles. The van der Waals surface area contributed by atoms with Crippen molar-refractivity contribution in [2.24, 2.45) is 5.92 Å². The molecule has 6 nitrogen and oxygen atoms in total. The fraction of sp³-hybridized carbons (Fsp3) is 0.412. The molecular formula is C17H20N2O4. The molecule has 0 aromatic heterocycles. The summed E-state index contributed by atoms with van der Waals surface area (Å²) in [6.45, 7) is 6.58. The van der Waals surface area contributed by atoms with Gasteiger partial charge >= 0.3 is 0 Å². The molecular weight excluding hydrogens is 296 g/mol. The maximum atomic E-state index is 12.3. The Morgan fingerprint density at radius 2 is 1.83 bits per heavy atom. The van der Waals surface area contributed by atoms with Gasteiger partial charge in [-0.25, -0.2) is 0 Å². The molecule has 1 aromatic rings. The van der Waals surface area contributed by atoms with Crippen LogP contribution in [0.5, 0.6) is 0 Å². The van der Waals surface area contributed by atoms with Gasteiger partial charge in [0.25, 0.3) is 5.69 Å². The van der Waals surface area contributed by atoms with Crippen LogP contribution in [-0.2, 0) is 9.59 Å². The lowest BCUT2D eigenvalue weighted by Gasteiger charge is -2.43. The summed E-state index contributed by atoms with van der Waals surface area (Å²) in [5.74, 6) is -1.53. The second-order valence-corrected chi connectivity index (χ2v) is 6.40. The van der Waals surface area contributed by atoms with Gasteiger partial charge in [0.05, 0.1) is 10.8 Å². The Bertz CT molecular complexity index is 706. The van der Waals surface area contributed by atoms with Crippen LogP contribution in [0.1, 0.15) is 39.2 Å². The summed E-state index contributed by atoms with van der Waals surface area (Å²) in [6.07, 6.45) is 1.59. The largest absolute Gasteiger partial charge is 0.385 e. The van der Waals surface area contributed by atoms with Crippen molar-refractivity contribution in [2.45, 2.75) is 39.2 Å². The van der Waals surface area contributed by atoms with Gasteiger partial charge in [-0.05, 0) is 27.7 Å². The quantitative estimate of drug-likeness (QED) is 0.681. The first-order valence-electron chi connectivity index (χ1n) is 7.39. The van der Waals surface area contributed by atoms with Gasteiger partial charge in [0.1, 0.15) is 5.78 Å². The number of hydrogen-bond donors (Lipinski definition) is 1.